The Hall–Kier alpha value is -2.68. The minimum Gasteiger partial charge on any atom is -0.302 e. The number of alkyl halides is 3. The van der Waals surface area contributed by atoms with Crippen molar-refractivity contribution in [3.8, 4) is 5.69 Å². The van der Waals surface area contributed by atoms with Crippen LogP contribution in [-0.4, -0.2) is 20.7 Å². The second-order valence-electron chi connectivity index (χ2n) is 5.67. The van der Waals surface area contributed by atoms with Crippen LogP contribution in [0.5, 0.6) is 0 Å². The number of aryl methyl sites for hydroxylation is 1. The molecule has 0 saturated heterocycles. The van der Waals surface area contributed by atoms with Gasteiger partial charge in [0.2, 0.25) is 5.91 Å². The molecule has 0 aliphatic rings. The van der Waals surface area contributed by atoms with Gasteiger partial charge in [0.05, 0.1) is 23.4 Å². The highest BCUT2D eigenvalue weighted by Crippen LogP contribution is 2.31. The topological polar surface area (TPSA) is 59.8 Å². The Morgan fingerprint density at radius 1 is 1.31 bits per heavy atom. The van der Waals surface area contributed by atoms with Gasteiger partial charge in [-0.3, -0.25) is 4.79 Å². The zero-order valence-corrected chi connectivity index (χ0v) is 14.8. The molecule has 3 rings (SSSR count). The van der Waals surface area contributed by atoms with Gasteiger partial charge in [0.1, 0.15) is 0 Å². The van der Waals surface area contributed by atoms with E-state index in [-0.39, 0.29) is 12.3 Å². The molecule has 9 heteroatoms. The maximum absolute atomic E-state index is 12.9. The summed E-state index contributed by atoms with van der Waals surface area (Å²) >= 11 is 1.31. The molecule has 0 bridgehead atoms. The van der Waals surface area contributed by atoms with Crippen molar-refractivity contribution in [2.45, 2.75) is 26.4 Å². The lowest BCUT2D eigenvalue weighted by molar-refractivity contribution is -0.137. The highest BCUT2D eigenvalue weighted by Gasteiger charge is 2.30. The van der Waals surface area contributed by atoms with Crippen LogP contribution in [0.25, 0.3) is 5.69 Å². The summed E-state index contributed by atoms with van der Waals surface area (Å²) in [5.74, 6) is -0.255. The van der Waals surface area contributed by atoms with E-state index >= 15 is 0 Å². The van der Waals surface area contributed by atoms with E-state index in [1.807, 2.05) is 0 Å². The van der Waals surface area contributed by atoms with Crippen LogP contribution in [0.4, 0.5) is 18.3 Å². The van der Waals surface area contributed by atoms with Gasteiger partial charge in [-0.1, -0.05) is 6.07 Å². The highest BCUT2D eigenvalue weighted by atomic mass is 32.1. The van der Waals surface area contributed by atoms with E-state index in [1.54, 1.807) is 31.5 Å². The maximum atomic E-state index is 12.9. The molecule has 5 nitrogen and oxygen atoms in total. The van der Waals surface area contributed by atoms with Crippen LogP contribution in [0.1, 0.15) is 22.5 Å². The molecule has 26 heavy (non-hydrogen) atoms. The Morgan fingerprint density at radius 3 is 2.73 bits per heavy atom. The summed E-state index contributed by atoms with van der Waals surface area (Å²) in [5.41, 5.74) is 1.44. The number of nitrogens with zero attached hydrogens (tertiary/aromatic N) is 3. The lowest BCUT2D eigenvalue weighted by atomic mass is 10.1. The minimum absolute atomic E-state index is 0.0657. The molecule has 2 aromatic heterocycles. The number of rotatable bonds is 4. The fraction of sp³-hybridized carbons (Fsp3) is 0.235. The van der Waals surface area contributed by atoms with Crippen molar-refractivity contribution in [1.29, 1.82) is 0 Å². The number of carbonyl (C=O) groups excluding carboxylic acids is 1. The van der Waals surface area contributed by atoms with Crippen molar-refractivity contribution in [2.75, 3.05) is 5.32 Å². The van der Waals surface area contributed by atoms with E-state index < -0.39 is 11.7 Å². The first-order valence-electron chi connectivity index (χ1n) is 7.68. The van der Waals surface area contributed by atoms with E-state index in [0.29, 0.717) is 27.8 Å². The smallest absolute Gasteiger partial charge is 0.302 e. The molecule has 0 saturated carbocycles. The van der Waals surface area contributed by atoms with E-state index in [1.165, 1.54) is 22.1 Å². The van der Waals surface area contributed by atoms with Crippen LogP contribution in [0.15, 0.2) is 35.8 Å². The van der Waals surface area contributed by atoms with Gasteiger partial charge in [0.15, 0.2) is 5.13 Å². The zero-order valence-electron chi connectivity index (χ0n) is 14.0. The fourth-order valence-electron chi connectivity index (χ4n) is 2.61. The van der Waals surface area contributed by atoms with Crippen LogP contribution in [0.3, 0.4) is 0 Å². The highest BCUT2D eigenvalue weighted by molar-refractivity contribution is 7.13. The lowest BCUT2D eigenvalue weighted by Crippen LogP contribution is -2.15. The molecular weight excluding hydrogens is 365 g/mol. The monoisotopic (exact) mass is 380 g/mol. The summed E-state index contributed by atoms with van der Waals surface area (Å²) in [5, 5.41) is 9.24. The number of nitrogens with one attached hydrogen (secondary N) is 1. The lowest BCUT2D eigenvalue weighted by Gasteiger charge is -2.10. The number of aromatic nitrogens is 3. The van der Waals surface area contributed by atoms with E-state index in [2.05, 4.69) is 15.4 Å². The third-order valence-corrected chi connectivity index (χ3v) is 4.56. The molecule has 0 atom stereocenters. The maximum Gasteiger partial charge on any atom is 0.416 e. The predicted octanol–water partition coefficient (Wildman–Crippen LogP) is 4.15. The second-order valence-corrected chi connectivity index (χ2v) is 6.57. The van der Waals surface area contributed by atoms with Gasteiger partial charge in [-0.05, 0) is 32.0 Å². The number of hydrogen-bond acceptors (Lipinski definition) is 4. The quantitative estimate of drug-likeness (QED) is 0.740. The largest absolute Gasteiger partial charge is 0.416 e. The molecule has 0 aliphatic heterocycles. The van der Waals surface area contributed by atoms with Crippen molar-refractivity contribution in [3.05, 3.63) is 58.4 Å². The van der Waals surface area contributed by atoms with Gasteiger partial charge < -0.3 is 5.32 Å². The standard InChI is InChI=1S/C17H15F3N4OS/c1-10-14(9-15(25)22-16-21-6-7-26-16)11(2)24(23-10)13-5-3-4-12(8-13)17(18,19)20/h3-8H,9H2,1-2H3,(H,21,22,25). The summed E-state index contributed by atoms with van der Waals surface area (Å²) in [4.78, 5) is 16.2. The summed E-state index contributed by atoms with van der Waals surface area (Å²) in [6.45, 7) is 3.45. The third kappa shape index (κ3) is 3.77. The summed E-state index contributed by atoms with van der Waals surface area (Å²) in [6, 6.07) is 4.94. The third-order valence-electron chi connectivity index (χ3n) is 3.88. The van der Waals surface area contributed by atoms with Crippen molar-refractivity contribution in [3.63, 3.8) is 0 Å². The minimum atomic E-state index is -4.43. The first kappa shape index (κ1) is 18.1. The van der Waals surface area contributed by atoms with Crippen LogP contribution < -0.4 is 5.32 Å². The molecular formula is C17H15F3N4OS. The number of carbonyl (C=O) groups is 1. The van der Waals surface area contributed by atoms with Gasteiger partial charge in [-0.15, -0.1) is 11.3 Å². The number of halogens is 3. The first-order valence-corrected chi connectivity index (χ1v) is 8.55. The van der Waals surface area contributed by atoms with Gasteiger partial charge in [0, 0.05) is 22.8 Å². The molecule has 0 unspecified atom stereocenters. The van der Waals surface area contributed by atoms with Crippen molar-refractivity contribution < 1.29 is 18.0 Å². The molecule has 2 heterocycles. The molecule has 0 spiro atoms. The number of amides is 1. The molecule has 1 N–H and O–H groups in total. The fourth-order valence-corrected chi connectivity index (χ4v) is 3.15. The van der Waals surface area contributed by atoms with Crippen LogP contribution >= 0.6 is 11.3 Å². The van der Waals surface area contributed by atoms with E-state index in [9.17, 15) is 18.0 Å². The normalized spacial score (nSPS) is 11.6. The Kier molecular flexibility index (Phi) is 4.82. The first-order chi connectivity index (χ1) is 12.3. The molecule has 0 radical (unpaired) electrons. The van der Waals surface area contributed by atoms with Gasteiger partial charge >= 0.3 is 6.18 Å². The van der Waals surface area contributed by atoms with Crippen LogP contribution in [0, 0.1) is 13.8 Å². The second kappa shape index (κ2) is 6.91. The average molecular weight is 380 g/mol. The van der Waals surface area contributed by atoms with E-state index in [4.69, 9.17) is 0 Å². The SMILES string of the molecule is Cc1nn(-c2cccc(C(F)(F)F)c2)c(C)c1CC(=O)Nc1nccs1. The molecule has 1 amide bonds. The number of benzene rings is 1. The Bertz CT molecular complexity index is 932. The van der Waals surface area contributed by atoms with Gasteiger partial charge in [-0.25, -0.2) is 9.67 Å². The molecule has 0 fully saturated rings. The predicted molar refractivity (Wildman–Crippen MR) is 92.5 cm³/mol. The van der Waals surface area contributed by atoms with Crippen molar-refractivity contribution in [2.24, 2.45) is 0 Å². The summed E-state index contributed by atoms with van der Waals surface area (Å²) < 4.78 is 40.2. The summed E-state index contributed by atoms with van der Waals surface area (Å²) in [6.07, 6.45) is -2.78. The molecule has 136 valence electrons. The van der Waals surface area contributed by atoms with Crippen molar-refractivity contribution in [1.82, 2.24) is 14.8 Å². The molecule has 1 aromatic carbocycles. The average Bonchev–Trinajstić information content (AvgIpc) is 3.17. The van der Waals surface area contributed by atoms with Gasteiger partial charge in [0.25, 0.3) is 0 Å². The number of anilines is 1. The van der Waals surface area contributed by atoms with Crippen LogP contribution in [-0.2, 0) is 17.4 Å². The Morgan fingerprint density at radius 2 is 2.08 bits per heavy atom. The molecule has 3 aromatic rings. The number of thiazole rings is 1. The Labute approximate surface area is 151 Å². The van der Waals surface area contributed by atoms with Gasteiger partial charge in [-0.2, -0.15) is 18.3 Å². The zero-order chi connectivity index (χ0) is 18.9. The Balaban J connectivity index is 1.87. The van der Waals surface area contributed by atoms with E-state index in [0.717, 1.165) is 12.1 Å². The van der Waals surface area contributed by atoms with Crippen LogP contribution in [0.2, 0.25) is 0 Å². The summed E-state index contributed by atoms with van der Waals surface area (Å²) in [7, 11) is 0. The molecule has 0 aliphatic carbocycles. The van der Waals surface area contributed by atoms with Crippen molar-refractivity contribution >= 4 is 22.4 Å². The number of hydrogen-bond donors (Lipinski definition) is 1.